The molecule has 0 aliphatic carbocycles. The van der Waals surface area contributed by atoms with E-state index in [0.717, 1.165) is 11.8 Å². The average molecular weight is 489 g/mol. The van der Waals surface area contributed by atoms with Gasteiger partial charge in [0.25, 0.3) is 15.9 Å². The molecule has 1 amide bonds. The standard InChI is InChI=1S/C19H16N6O4S3/c1-12-11-16(23-29-12)24-32(27,28)15-9-7-13(8-10-15)20-21-17-18(26)25(19(30)31-17)22-14-5-3-2-4-6-14/h2-11,17,22H,1H3,(H,23,24). The van der Waals surface area contributed by atoms with Crippen molar-refractivity contribution in [2.75, 3.05) is 10.1 Å². The maximum absolute atomic E-state index is 12.6. The number of azo groups is 1. The van der Waals surface area contributed by atoms with Crippen molar-refractivity contribution < 1.29 is 17.7 Å². The Hall–Kier alpha value is -3.29. The molecule has 0 bridgehead atoms. The highest BCUT2D eigenvalue weighted by molar-refractivity contribution is 8.24. The van der Waals surface area contributed by atoms with Gasteiger partial charge in [0.2, 0.25) is 5.37 Å². The minimum absolute atomic E-state index is 0.0165. The second kappa shape index (κ2) is 9.06. The SMILES string of the molecule is Cc1cc(NS(=O)(=O)c2ccc(N=NC3SC(=S)N(Nc4ccccc4)C3=O)cc2)no1. The molecule has 0 saturated carbocycles. The number of hydrogen-bond donors (Lipinski definition) is 2. The zero-order chi connectivity index (χ0) is 22.7. The predicted octanol–water partition coefficient (Wildman–Crippen LogP) is 4.08. The molecule has 1 fully saturated rings. The van der Waals surface area contributed by atoms with Crippen molar-refractivity contribution >= 4 is 61.4 Å². The lowest BCUT2D eigenvalue weighted by Gasteiger charge is -2.17. The minimum Gasteiger partial charge on any atom is -0.360 e. The van der Waals surface area contributed by atoms with Crippen molar-refractivity contribution in [3.63, 3.8) is 0 Å². The number of anilines is 2. The van der Waals surface area contributed by atoms with Crippen LogP contribution in [0.4, 0.5) is 17.2 Å². The van der Waals surface area contributed by atoms with E-state index in [2.05, 4.69) is 25.5 Å². The number of thiocarbonyl (C=S) groups is 1. The summed E-state index contributed by atoms with van der Waals surface area (Å²) in [6.45, 7) is 1.65. The van der Waals surface area contributed by atoms with E-state index in [4.69, 9.17) is 16.7 Å². The number of carbonyl (C=O) groups is 1. The van der Waals surface area contributed by atoms with Crippen LogP contribution >= 0.6 is 24.0 Å². The van der Waals surface area contributed by atoms with Crippen LogP contribution in [-0.4, -0.2) is 34.2 Å². The molecule has 1 aromatic heterocycles. The van der Waals surface area contributed by atoms with Gasteiger partial charge in [-0.1, -0.05) is 47.3 Å². The highest BCUT2D eigenvalue weighted by Crippen LogP contribution is 2.30. The normalized spacial score (nSPS) is 16.7. The molecule has 13 heteroatoms. The minimum atomic E-state index is -3.84. The summed E-state index contributed by atoms with van der Waals surface area (Å²) < 4.78 is 32.4. The number of nitrogens with zero attached hydrogens (tertiary/aromatic N) is 4. The van der Waals surface area contributed by atoms with E-state index in [1.54, 1.807) is 6.92 Å². The van der Waals surface area contributed by atoms with E-state index in [1.807, 2.05) is 30.3 Å². The van der Waals surface area contributed by atoms with Crippen LogP contribution in [0.2, 0.25) is 0 Å². The lowest BCUT2D eigenvalue weighted by molar-refractivity contribution is -0.125. The molecule has 1 saturated heterocycles. The van der Waals surface area contributed by atoms with Gasteiger partial charge in [-0.3, -0.25) is 14.9 Å². The van der Waals surface area contributed by atoms with Gasteiger partial charge in [0.1, 0.15) is 5.76 Å². The third kappa shape index (κ3) is 4.95. The summed E-state index contributed by atoms with van der Waals surface area (Å²) in [6, 6.07) is 16.3. The highest BCUT2D eigenvalue weighted by Gasteiger charge is 2.37. The smallest absolute Gasteiger partial charge is 0.284 e. The first kappa shape index (κ1) is 21.9. The Labute approximate surface area is 193 Å². The number of aromatic nitrogens is 1. The Morgan fingerprint density at radius 3 is 2.53 bits per heavy atom. The lowest BCUT2D eigenvalue weighted by atomic mass is 10.3. The van der Waals surface area contributed by atoms with Crippen molar-refractivity contribution in [2.45, 2.75) is 17.2 Å². The Balaban J connectivity index is 1.41. The van der Waals surface area contributed by atoms with Gasteiger partial charge < -0.3 is 4.52 Å². The summed E-state index contributed by atoms with van der Waals surface area (Å²) in [6.07, 6.45) is 0. The largest absolute Gasteiger partial charge is 0.360 e. The lowest BCUT2D eigenvalue weighted by Crippen LogP contribution is -2.35. The van der Waals surface area contributed by atoms with Gasteiger partial charge in [-0.25, -0.2) is 13.4 Å². The second-order valence-electron chi connectivity index (χ2n) is 6.53. The number of rotatable bonds is 7. The molecular weight excluding hydrogens is 472 g/mol. The molecule has 0 radical (unpaired) electrons. The van der Waals surface area contributed by atoms with Crippen LogP contribution in [-0.2, 0) is 14.8 Å². The summed E-state index contributed by atoms with van der Waals surface area (Å²) in [5, 5.41) is 12.1. The third-order valence-corrected chi connectivity index (χ3v) is 6.88. The summed E-state index contributed by atoms with van der Waals surface area (Å²) in [4.78, 5) is 12.6. The van der Waals surface area contributed by atoms with Crippen molar-refractivity contribution in [1.29, 1.82) is 0 Å². The fraction of sp³-hybridized carbons (Fsp3) is 0.105. The number of sulfonamides is 1. The number of benzene rings is 2. The predicted molar refractivity (Wildman–Crippen MR) is 124 cm³/mol. The van der Waals surface area contributed by atoms with Crippen molar-refractivity contribution in [2.24, 2.45) is 10.2 Å². The number of nitrogens with one attached hydrogen (secondary N) is 2. The molecule has 2 heterocycles. The summed E-state index contributed by atoms with van der Waals surface area (Å²) in [5.41, 5.74) is 4.05. The first-order chi connectivity index (χ1) is 15.3. The first-order valence-electron chi connectivity index (χ1n) is 9.15. The van der Waals surface area contributed by atoms with E-state index in [0.29, 0.717) is 21.5 Å². The Bertz CT molecular complexity index is 1280. The van der Waals surface area contributed by atoms with Crippen LogP contribution in [0, 0.1) is 6.92 Å². The third-order valence-electron chi connectivity index (χ3n) is 4.13. The van der Waals surface area contributed by atoms with E-state index in [9.17, 15) is 13.2 Å². The molecule has 32 heavy (non-hydrogen) atoms. The number of amides is 1. The Morgan fingerprint density at radius 2 is 1.88 bits per heavy atom. The van der Waals surface area contributed by atoms with E-state index in [1.165, 1.54) is 35.3 Å². The van der Waals surface area contributed by atoms with Gasteiger partial charge in [-0.15, -0.1) is 0 Å². The molecule has 4 rings (SSSR count). The quantitative estimate of drug-likeness (QED) is 0.376. The summed E-state index contributed by atoms with van der Waals surface area (Å²) >= 11 is 6.35. The van der Waals surface area contributed by atoms with Crippen LogP contribution < -0.4 is 10.1 Å². The number of hydrazine groups is 1. The van der Waals surface area contributed by atoms with Crippen molar-refractivity contribution in [1.82, 2.24) is 10.2 Å². The van der Waals surface area contributed by atoms with E-state index < -0.39 is 15.4 Å². The number of thioether (sulfide) groups is 1. The van der Waals surface area contributed by atoms with Crippen LogP contribution in [0.1, 0.15) is 5.76 Å². The molecule has 1 atom stereocenters. The highest BCUT2D eigenvalue weighted by atomic mass is 32.2. The number of para-hydroxylation sites is 1. The Kier molecular flexibility index (Phi) is 6.21. The molecule has 2 N–H and O–H groups in total. The van der Waals surface area contributed by atoms with Crippen molar-refractivity contribution in [3.8, 4) is 0 Å². The first-order valence-corrected chi connectivity index (χ1v) is 11.9. The van der Waals surface area contributed by atoms with Gasteiger partial charge in [0.15, 0.2) is 10.1 Å². The van der Waals surface area contributed by atoms with Gasteiger partial charge in [0.05, 0.1) is 16.3 Å². The van der Waals surface area contributed by atoms with Crippen LogP contribution in [0.5, 0.6) is 0 Å². The molecule has 2 aromatic carbocycles. The number of hydrogen-bond acceptors (Lipinski definition) is 10. The number of carbonyl (C=O) groups excluding carboxylic acids is 1. The number of aryl methyl sites for hydroxylation is 1. The Morgan fingerprint density at radius 1 is 1.16 bits per heavy atom. The van der Waals surface area contributed by atoms with Crippen LogP contribution in [0.25, 0.3) is 0 Å². The summed E-state index contributed by atoms with van der Waals surface area (Å²) in [7, 11) is -3.84. The van der Waals surface area contributed by atoms with Gasteiger partial charge in [-0.05, 0) is 43.3 Å². The molecule has 10 nitrogen and oxygen atoms in total. The topological polar surface area (TPSA) is 129 Å². The monoisotopic (exact) mass is 488 g/mol. The average Bonchev–Trinajstić information content (AvgIpc) is 3.30. The second-order valence-corrected chi connectivity index (χ2v) is 9.92. The van der Waals surface area contributed by atoms with Crippen molar-refractivity contribution in [3.05, 3.63) is 66.4 Å². The molecule has 1 aliphatic heterocycles. The maximum Gasteiger partial charge on any atom is 0.284 e. The van der Waals surface area contributed by atoms with Gasteiger partial charge in [-0.2, -0.15) is 10.2 Å². The zero-order valence-electron chi connectivity index (χ0n) is 16.5. The van der Waals surface area contributed by atoms with Gasteiger partial charge in [0, 0.05) is 6.07 Å². The van der Waals surface area contributed by atoms with Gasteiger partial charge >= 0.3 is 0 Å². The fourth-order valence-electron chi connectivity index (χ4n) is 2.64. The fourth-order valence-corrected chi connectivity index (χ4v) is 4.76. The summed E-state index contributed by atoms with van der Waals surface area (Å²) in [5.74, 6) is 0.224. The van der Waals surface area contributed by atoms with E-state index >= 15 is 0 Å². The molecule has 0 spiro atoms. The molecule has 164 valence electrons. The molecule has 1 unspecified atom stereocenters. The maximum atomic E-state index is 12.6. The molecular formula is C19H16N6O4S3. The molecule has 1 aliphatic rings. The molecule has 3 aromatic rings. The zero-order valence-corrected chi connectivity index (χ0v) is 18.9. The van der Waals surface area contributed by atoms with E-state index in [-0.39, 0.29) is 16.6 Å². The van der Waals surface area contributed by atoms with Crippen LogP contribution in [0.3, 0.4) is 0 Å². The van der Waals surface area contributed by atoms with Crippen LogP contribution in [0.15, 0.2) is 80.3 Å².